The molecule has 17 heavy (non-hydrogen) atoms. The number of aliphatic carboxylic acids is 1. The number of carboxylic acids is 1. The number of aryl methyl sites for hydroxylation is 1. The maximum absolute atomic E-state index is 11.4. The first-order chi connectivity index (χ1) is 7.95. The van der Waals surface area contributed by atoms with Crippen LogP contribution in [-0.2, 0) is 21.4 Å². The van der Waals surface area contributed by atoms with Crippen molar-refractivity contribution in [3.63, 3.8) is 0 Å². The maximum Gasteiger partial charge on any atom is 0.319 e. The number of thiazole rings is 1. The minimum absolute atomic E-state index is 0.270. The number of carbonyl (C=O) groups is 1. The summed E-state index contributed by atoms with van der Waals surface area (Å²) in [4.78, 5) is 16.7. The smallest absolute Gasteiger partial charge is 0.319 e. The Bertz CT molecular complexity index is 435. The van der Waals surface area contributed by atoms with E-state index in [9.17, 15) is 9.90 Å². The van der Waals surface area contributed by atoms with Crippen molar-refractivity contribution in [2.24, 2.45) is 5.92 Å². The van der Waals surface area contributed by atoms with Crippen LogP contribution in [0.5, 0.6) is 0 Å². The molecular formula is C12H17NO3S. The molecule has 94 valence electrons. The number of hydrogen-bond donors (Lipinski definition) is 1. The van der Waals surface area contributed by atoms with Gasteiger partial charge in [0.1, 0.15) is 5.41 Å². The first kappa shape index (κ1) is 12.5. The van der Waals surface area contributed by atoms with Gasteiger partial charge in [-0.3, -0.25) is 4.79 Å². The van der Waals surface area contributed by atoms with Gasteiger partial charge in [-0.2, -0.15) is 0 Å². The molecular weight excluding hydrogens is 238 g/mol. The molecule has 4 nitrogen and oxygen atoms in total. The van der Waals surface area contributed by atoms with Crippen LogP contribution >= 0.6 is 11.3 Å². The highest BCUT2D eigenvalue weighted by Gasteiger charge is 2.50. The third-order valence-corrected chi connectivity index (χ3v) is 4.35. The molecule has 1 aromatic rings. The van der Waals surface area contributed by atoms with E-state index in [4.69, 9.17) is 4.74 Å². The summed E-state index contributed by atoms with van der Waals surface area (Å²) in [5, 5.41) is 10.4. The van der Waals surface area contributed by atoms with Crippen molar-refractivity contribution in [2.75, 3.05) is 13.2 Å². The Hall–Kier alpha value is -0.940. The van der Waals surface area contributed by atoms with Crippen LogP contribution in [0.3, 0.4) is 0 Å². The molecule has 2 rings (SSSR count). The monoisotopic (exact) mass is 255 g/mol. The van der Waals surface area contributed by atoms with Crippen molar-refractivity contribution in [3.8, 4) is 0 Å². The third-order valence-electron chi connectivity index (χ3n) is 2.96. The molecule has 0 spiro atoms. The molecule has 1 N–H and O–H groups in total. The summed E-state index contributed by atoms with van der Waals surface area (Å²) in [5.41, 5.74) is 0.00751. The lowest BCUT2D eigenvalue weighted by molar-refractivity contribution is -0.162. The van der Waals surface area contributed by atoms with Crippen LogP contribution in [0.15, 0.2) is 0 Å². The van der Waals surface area contributed by atoms with Gasteiger partial charge in [-0.05, 0) is 12.8 Å². The zero-order valence-electron chi connectivity index (χ0n) is 10.3. The molecule has 0 aromatic carbocycles. The summed E-state index contributed by atoms with van der Waals surface area (Å²) in [7, 11) is 0. The predicted octanol–water partition coefficient (Wildman–Crippen LogP) is 2.00. The largest absolute Gasteiger partial charge is 0.480 e. The molecule has 1 saturated heterocycles. The molecule has 0 saturated carbocycles. The van der Waals surface area contributed by atoms with Crippen LogP contribution < -0.4 is 0 Å². The van der Waals surface area contributed by atoms with Crippen LogP contribution in [0, 0.1) is 12.8 Å². The second-order valence-corrected chi connectivity index (χ2v) is 6.08. The van der Waals surface area contributed by atoms with Crippen LogP contribution in [0.4, 0.5) is 0 Å². The first-order valence-corrected chi connectivity index (χ1v) is 6.55. The molecule has 5 heteroatoms. The van der Waals surface area contributed by atoms with E-state index in [0.717, 1.165) is 22.0 Å². The molecule has 0 radical (unpaired) electrons. The summed E-state index contributed by atoms with van der Waals surface area (Å²) < 4.78 is 5.10. The van der Waals surface area contributed by atoms with E-state index in [2.05, 4.69) is 18.8 Å². The lowest BCUT2D eigenvalue weighted by Gasteiger charge is -2.36. The Morgan fingerprint density at radius 2 is 2.24 bits per heavy atom. The Balaban J connectivity index is 2.32. The minimum atomic E-state index is -0.836. The zero-order valence-corrected chi connectivity index (χ0v) is 11.1. The topological polar surface area (TPSA) is 59.4 Å². The Morgan fingerprint density at radius 1 is 1.59 bits per heavy atom. The molecule has 1 aliphatic rings. The van der Waals surface area contributed by atoms with E-state index in [1.54, 1.807) is 0 Å². The van der Waals surface area contributed by atoms with Gasteiger partial charge in [-0.25, -0.2) is 4.98 Å². The number of rotatable bonds is 4. The zero-order chi connectivity index (χ0) is 12.6. The molecule has 2 heterocycles. The van der Waals surface area contributed by atoms with Gasteiger partial charge in [0.05, 0.1) is 23.9 Å². The van der Waals surface area contributed by atoms with Gasteiger partial charge in [0, 0.05) is 11.3 Å². The van der Waals surface area contributed by atoms with Crippen molar-refractivity contribution >= 4 is 17.3 Å². The molecule has 1 aliphatic heterocycles. The van der Waals surface area contributed by atoms with E-state index in [1.165, 1.54) is 11.3 Å². The third kappa shape index (κ3) is 2.09. The Labute approximate surface area is 105 Å². The van der Waals surface area contributed by atoms with Crippen molar-refractivity contribution in [1.82, 2.24) is 4.98 Å². The van der Waals surface area contributed by atoms with Crippen LogP contribution in [-0.4, -0.2) is 29.3 Å². The Morgan fingerprint density at radius 3 is 2.65 bits per heavy atom. The van der Waals surface area contributed by atoms with Crippen molar-refractivity contribution < 1.29 is 14.6 Å². The number of hydrogen-bond acceptors (Lipinski definition) is 4. The number of ether oxygens (including phenoxy) is 1. The van der Waals surface area contributed by atoms with Crippen LogP contribution in [0.25, 0.3) is 0 Å². The van der Waals surface area contributed by atoms with E-state index in [1.807, 2.05) is 6.92 Å². The highest BCUT2D eigenvalue weighted by atomic mass is 32.1. The first-order valence-electron chi connectivity index (χ1n) is 5.73. The minimum Gasteiger partial charge on any atom is -0.480 e. The molecule has 0 bridgehead atoms. The van der Waals surface area contributed by atoms with Gasteiger partial charge in [-0.15, -0.1) is 11.3 Å². The van der Waals surface area contributed by atoms with E-state index < -0.39 is 11.4 Å². The fourth-order valence-electron chi connectivity index (χ4n) is 1.99. The summed E-state index contributed by atoms with van der Waals surface area (Å²) >= 11 is 1.53. The van der Waals surface area contributed by atoms with Gasteiger partial charge in [0.2, 0.25) is 0 Å². The predicted molar refractivity (Wildman–Crippen MR) is 65.5 cm³/mol. The maximum atomic E-state index is 11.4. The van der Waals surface area contributed by atoms with Gasteiger partial charge in [0.25, 0.3) is 0 Å². The fraction of sp³-hybridized carbons (Fsp3) is 0.667. The molecule has 0 aliphatic carbocycles. The quantitative estimate of drug-likeness (QED) is 0.894. The van der Waals surface area contributed by atoms with Crippen LogP contribution in [0.2, 0.25) is 0 Å². The lowest BCUT2D eigenvalue weighted by atomic mass is 9.83. The molecule has 1 fully saturated rings. The number of nitrogens with zero attached hydrogens (tertiary/aromatic N) is 1. The second-order valence-electron chi connectivity index (χ2n) is 5.00. The van der Waals surface area contributed by atoms with Crippen molar-refractivity contribution in [3.05, 3.63) is 15.6 Å². The van der Waals surface area contributed by atoms with E-state index in [0.29, 0.717) is 5.92 Å². The van der Waals surface area contributed by atoms with E-state index >= 15 is 0 Å². The van der Waals surface area contributed by atoms with Crippen molar-refractivity contribution in [1.29, 1.82) is 0 Å². The molecule has 0 amide bonds. The summed E-state index contributed by atoms with van der Waals surface area (Å²) in [6.45, 7) is 6.70. The Kier molecular flexibility index (Phi) is 3.23. The van der Waals surface area contributed by atoms with E-state index in [-0.39, 0.29) is 13.2 Å². The second kappa shape index (κ2) is 4.38. The summed E-state index contributed by atoms with van der Waals surface area (Å²) in [5.74, 6) is -0.265. The van der Waals surface area contributed by atoms with Gasteiger partial charge >= 0.3 is 5.97 Å². The highest BCUT2D eigenvalue weighted by molar-refractivity contribution is 7.12. The molecule has 0 atom stereocenters. The summed E-state index contributed by atoms with van der Waals surface area (Å²) in [6.07, 6.45) is 0.905. The van der Waals surface area contributed by atoms with Crippen molar-refractivity contribution in [2.45, 2.75) is 32.6 Å². The van der Waals surface area contributed by atoms with Gasteiger partial charge < -0.3 is 9.84 Å². The number of aromatic nitrogens is 1. The van der Waals surface area contributed by atoms with Gasteiger partial charge in [0.15, 0.2) is 0 Å². The standard InChI is InChI=1S/C12H17NO3S/c1-7(2)4-9-13-8(3)10(17-9)12(11(14)15)5-16-6-12/h7H,4-6H2,1-3H3,(H,14,15). The SMILES string of the molecule is Cc1nc(CC(C)C)sc1C1(C(=O)O)COC1. The van der Waals surface area contributed by atoms with Crippen LogP contribution in [0.1, 0.15) is 29.4 Å². The highest BCUT2D eigenvalue weighted by Crippen LogP contribution is 2.38. The average Bonchev–Trinajstić information content (AvgIpc) is 2.43. The average molecular weight is 255 g/mol. The lowest BCUT2D eigenvalue weighted by Crippen LogP contribution is -2.52. The fourth-order valence-corrected chi connectivity index (χ4v) is 3.42. The normalized spacial score (nSPS) is 18.1. The summed E-state index contributed by atoms with van der Waals surface area (Å²) in [6, 6.07) is 0. The number of carboxylic acid groups (broad SMARTS) is 1. The molecule has 1 aromatic heterocycles. The van der Waals surface area contributed by atoms with Gasteiger partial charge in [-0.1, -0.05) is 13.8 Å². The molecule has 0 unspecified atom stereocenters.